The molecule has 0 aliphatic heterocycles. The van der Waals surface area contributed by atoms with Crippen molar-refractivity contribution >= 4 is 11.6 Å². The molecule has 0 saturated carbocycles. The van der Waals surface area contributed by atoms with Crippen molar-refractivity contribution in [3.63, 3.8) is 0 Å². The predicted octanol–water partition coefficient (Wildman–Crippen LogP) is 1.16. The fraction of sp³-hybridized carbons (Fsp3) is 0.400. The van der Waals surface area contributed by atoms with Crippen LogP contribution in [-0.2, 0) is 6.54 Å². The molecule has 1 aromatic rings. The third-order valence-electron chi connectivity index (χ3n) is 0.796. The summed E-state index contributed by atoms with van der Waals surface area (Å²) in [5.74, 6) is 0. The van der Waals surface area contributed by atoms with Crippen molar-refractivity contribution in [2.75, 3.05) is 0 Å². The van der Waals surface area contributed by atoms with Gasteiger partial charge in [0.15, 0.2) is 0 Å². The lowest BCUT2D eigenvalue weighted by Crippen LogP contribution is -1.92. The third-order valence-corrected chi connectivity index (χ3v) is 0.965. The first-order valence-electron chi connectivity index (χ1n) is 2.36. The van der Waals surface area contributed by atoms with Gasteiger partial charge in [0.1, 0.15) is 12.4 Å². The number of hydrogen-bond donors (Lipinski definition) is 0. The van der Waals surface area contributed by atoms with Crippen LogP contribution >= 0.6 is 11.6 Å². The van der Waals surface area contributed by atoms with Crippen molar-refractivity contribution in [1.29, 1.82) is 0 Å². The zero-order valence-corrected chi connectivity index (χ0v) is 5.24. The second-order valence-electron chi connectivity index (χ2n) is 1.35. The maximum Gasteiger partial charge on any atom is 0.133 e. The van der Waals surface area contributed by atoms with Gasteiger partial charge in [0, 0.05) is 6.54 Å². The summed E-state index contributed by atoms with van der Waals surface area (Å²) in [5.41, 5.74) is 0. The highest BCUT2D eigenvalue weighted by Crippen LogP contribution is 2.01. The van der Waals surface area contributed by atoms with Gasteiger partial charge in [-0.1, -0.05) is 11.6 Å². The summed E-state index contributed by atoms with van der Waals surface area (Å²) in [6, 6.07) is 0. The molecule has 8 heavy (non-hydrogen) atoms. The van der Waals surface area contributed by atoms with Gasteiger partial charge in [0.05, 0.1) is 5.02 Å². The van der Waals surface area contributed by atoms with Crippen molar-refractivity contribution in [3.05, 3.63) is 17.4 Å². The summed E-state index contributed by atoms with van der Waals surface area (Å²) in [6.07, 6.45) is 5.28. The molecule has 0 fully saturated rings. The first-order chi connectivity index (χ1) is 3.83. The molecule has 0 unspecified atom stereocenters. The smallest absolute Gasteiger partial charge is 0.133 e. The van der Waals surface area contributed by atoms with Gasteiger partial charge in [-0.3, -0.25) is 4.68 Å². The highest BCUT2D eigenvalue weighted by Gasteiger charge is 1.91. The number of halogens is 1. The van der Waals surface area contributed by atoms with Crippen molar-refractivity contribution in [2.24, 2.45) is 0 Å². The number of aromatic nitrogens is 2. The molecule has 1 aromatic heterocycles. The molecule has 0 saturated heterocycles. The van der Waals surface area contributed by atoms with E-state index in [4.69, 9.17) is 11.6 Å². The van der Waals surface area contributed by atoms with Crippen LogP contribution in [0.5, 0.6) is 0 Å². The summed E-state index contributed by atoms with van der Waals surface area (Å²) in [6.45, 7) is 2.76. The van der Waals surface area contributed by atoms with Crippen LogP contribution in [-0.4, -0.2) is 9.78 Å². The normalized spacial score (nSPS) is 9.75. The standard InChI is InChI=1S/C5H5ClN2/c1-2-8-4-5(6)3-7-8/h2H2,1H3. The van der Waals surface area contributed by atoms with E-state index < -0.39 is 0 Å². The first kappa shape index (κ1) is 5.63. The quantitative estimate of drug-likeness (QED) is 0.555. The number of nitrogens with zero attached hydrogens (tertiary/aromatic N) is 2. The van der Waals surface area contributed by atoms with E-state index in [9.17, 15) is 0 Å². The molecule has 0 bridgehead atoms. The van der Waals surface area contributed by atoms with Crippen molar-refractivity contribution in [1.82, 2.24) is 9.78 Å². The van der Waals surface area contributed by atoms with Crippen LogP contribution in [0.15, 0.2) is 0 Å². The zero-order valence-electron chi connectivity index (χ0n) is 4.48. The Labute approximate surface area is 53.1 Å². The highest BCUT2D eigenvalue weighted by atomic mass is 35.5. The van der Waals surface area contributed by atoms with E-state index >= 15 is 0 Å². The van der Waals surface area contributed by atoms with Gasteiger partial charge < -0.3 is 0 Å². The van der Waals surface area contributed by atoms with Crippen LogP contribution in [0.3, 0.4) is 0 Å². The maximum absolute atomic E-state index is 5.44. The Hall–Kier alpha value is -0.500. The molecule has 2 nitrogen and oxygen atoms in total. The largest absolute Gasteiger partial charge is 0.261 e. The molecule has 1 rings (SSSR count). The molecule has 2 radical (unpaired) electrons. The molecule has 0 aromatic carbocycles. The molecule has 1 heterocycles. The molecule has 0 aliphatic carbocycles. The fourth-order valence-electron chi connectivity index (χ4n) is 0.417. The Morgan fingerprint density at radius 1 is 1.88 bits per heavy atom. The number of rotatable bonds is 1. The van der Waals surface area contributed by atoms with Crippen molar-refractivity contribution < 1.29 is 0 Å². The highest BCUT2D eigenvalue weighted by molar-refractivity contribution is 6.30. The van der Waals surface area contributed by atoms with Crippen LogP contribution in [0, 0.1) is 12.4 Å². The van der Waals surface area contributed by atoms with Crippen LogP contribution in [0.1, 0.15) is 6.92 Å². The first-order valence-corrected chi connectivity index (χ1v) is 2.74. The van der Waals surface area contributed by atoms with E-state index in [0.717, 1.165) is 6.54 Å². The van der Waals surface area contributed by atoms with Gasteiger partial charge in [-0.05, 0) is 6.92 Å². The van der Waals surface area contributed by atoms with Crippen LogP contribution in [0.2, 0.25) is 5.02 Å². The fourth-order valence-corrected chi connectivity index (χ4v) is 0.553. The molecular formula is C5H5ClN2. The third kappa shape index (κ3) is 1.01. The minimum absolute atomic E-state index is 0.451. The summed E-state index contributed by atoms with van der Waals surface area (Å²) >= 11 is 5.44. The minimum atomic E-state index is 0.451. The van der Waals surface area contributed by atoms with E-state index in [1.165, 1.54) is 0 Å². The second-order valence-corrected chi connectivity index (χ2v) is 1.73. The molecule has 0 N–H and O–H groups in total. The SMILES string of the molecule is CCn1[c]c(Cl)[c]n1. The molecular weight excluding hydrogens is 124 g/mol. The molecule has 0 atom stereocenters. The molecule has 0 spiro atoms. The molecule has 3 heteroatoms. The lowest BCUT2D eigenvalue weighted by atomic mass is 10.7. The van der Waals surface area contributed by atoms with Crippen LogP contribution in [0.4, 0.5) is 0 Å². The predicted molar refractivity (Wildman–Crippen MR) is 30.6 cm³/mol. The summed E-state index contributed by atoms with van der Waals surface area (Å²) in [7, 11) is 0. The van der Waals surface area contributed by atoms with Crippen molar-refractivity contribution in [3.8, 4) is 0 Å². The second kappa shape index (κ2) is 2.18. The monoisotopic (exact) mass is 128 g/mol. The maximum atomic E-state index is 5.44. The molecule has 0 amide bonds. The van der Waals surface area contributed by atoms with Gasteiger partial charge in [-0.25, -0.2) is 0 Å². The van der Waals surface area contributed by atoms with E-state index in [0.29, 0.717) is 5.02 Å². The number of hydrogen-bond acceptors (Lipinski definition) is 1. The van der Waals surface area contributed by atoms with E-state index in [2.05, 4.69) is 17.5 Å². The topological polar surface area (TPSA) is 17.8 Å². The zero-order chi connectivity index (χ0) is 5.98. The van der Waals surface area contributed by atoms with Gasteiger partial charge in [0.2, 0.25) is 0 Å². The Kier molecular flexibility index (Phi) is 1.53. The van der Waals surface area contributed by atoms with Gasteiger partial charge in [-0.15, -0.1) is 0 Å². The van der Waals surface area contributed by atoms with Gasteiger partial charge >= 0.3 is 0 Å². The van der Waals surface area contributed by atoms with Gasteiger partial charge in [0.25, 0.3) is 0 Å². The Bertz CT molecular complexity index is 171. The van der Waals surface area contributed by atoms with Crippen LogP contribution in [0.25, 0.3) is 0 Å². The van der Waals surface area contributed by atoms with Crippen molar-refractivity contribution in [2.45, 2.75) is 13.5 Å². The Morgan fingerprint density at radius 2 is 2.62 bits per heavy atom. The van der Waals surface area contributed by atoms with E-state index in [1.807, 2.05) is 6.92 Å². The lowest BCUT2D eigenvalue weighted by Gasteiger charge is -1.86. The summed E-state index contributed by atoms with van der Waals surface area (Å²) < 4.78 is 1.60. The Morgan fingerprint density at radius 3 is 2.88 bits per heavy atom. The molecule has 42 valence electrons. The average molecular weight is 129 g/mol. The average Bonchev–Trinajstić information content (AvgIpc) is 2.14. The van der Waals surface area contributed by atoms with E-state index in [-0.39, 0.29) is 0 Å². The van der Waals surface area contributed by atoms with Crippen LogP contribution < -0.4 is 0 Å². The minimum Gasteiger partial charge on any atom is -0.261 e. The lowest BCUT2D eigenvalue weighted by molar-refractivity contribution is 0.653. The molecule has 0 aliphatic rings. The number of aryl methyl sites for hydroxylation is 1. The summed E-state index contributed by atoms with van der Waals surface area (Å²) in [4.78, 5) is 0. The van der Waals surface area contributed by atoms with E-state index in [1.54, 1.807) is 4.68 Å². The Balaban J connectivity index is 2.84. The van der Waals surface area contributed by atoms with Gasteiger partial charge in [-0.2, -0.15) is 5.10 Å². The summed E-state index contributed by atoms with van der Waals surface area (Å²) in [5, 5.41) is 4.19.